The van der Waals surface area contributed by atoms with Crippen LogP contribution in [0.15, 0.2) is 23.8 Å². The predicted octanol–water partition coefficient (Wildman–Crippen LogP) is 0.819. The van der Waals surface area contributed by atoms with E-state index in [9.17, 15) is 50.8 Å². The average molecular weight is 781 g/mol. The van der Waals surface area contributed by atoms with Gasteiger partial charge in [0.2, 0.25) is 6.29 Å². The van der Waals surface area contributed by atoms with Crippen molar-refractivity contribution in [1.82, 2.24) is 0 Å². The van der Waals surface area contributed by atoms with Gasteiger partial charge in [-0.3, -0.25) is 4.79 Å². The van der Waals surface area contributed by atoms with E-state index in [1.165, 1.54) is 0 Å². The standard InChI is InChI=1S/C41H64O14/c1-20-9-14-41(35(50)55-34-31(49)29(47)28(46)23(17-42)53-34)16-15-38(4)21(32(41)40(20,6)51)7-8-25-36(2)12-11-26(54-33-30(48)27(45)22(44)18-52-33)37(3,19-43)24(36)10-13-39(25,38)5/h7,22-34,42-49,51H,1,8-19H2,2-6H3/t22-,23+,24+,25+,26-,27-,28+,29-,30+,31+,32+,33-,34-,36-,37-,38+,39+,40+,41-/m0/s1. The van der Waals surface area contributed by atoms with Gasteiger partial charge in [0.15, 0.2) is 6.29 Å². The normalized spacial score (nSPS) is 55.3. The van der Waals surface area contributed by atoms with Crippen LogP contribution in [0.3, 0.4) is 0 Å². The van der Waals surface area contributed by atoms with Gasteiger partial charge in [-0.05, 0) is 98.4 Å². The molecule has 14 nitrogen and oxygen atoms in total. The predicted molar refractivity (Wildman–Crippen MR) is 194 cm³/mol. The molecule has 19 atom stereocenters. The van der Waals surface area contributed by atoms with Gasteiger partial charge in [0.1, 0.15) is 42.7 Å². The minimum absolute atomic E-state index is 0.0328. The highest BCUT2D eigenvalue weighted by Gasteiger charge is 2.72. The first-order chi connectivity index (χ1) is 25.7. The van der Waals surface area contributed by atoms with Crippen LogP contribution in [0.4, 0.5) is 0 Å². The second kappa shape index (κ2) is 14.0. The molecule has 2 aliphatic heterocycles. The van der Waals surface area contributed by atoms with Crippen molar-refractivity contribution in [3.63, 3.8) is 0 Å². The topological polar surface area (TPSA) is 236 Å². The number of allylic oxidation sites excluding steroid dienone is 1. The van der Waals surface area contributed by atoms with Crippen LogP contribution in [-0.4, -0.2) is 139 Å². The van der Waals surface area contributed by atoms with Crippen molar-refractivity contribution in [2.24, 2.45) is 44.8 Å². The first-order valence-corrected chi connectivity index (χ1v) is 20.2. The third-order valence-corrected chi connectivity index (χ3v) is 16.9. The first-order valence-electron chi connectivity index (χ1n) is 20.2. The molecule has 5 aliphatic carbocycles. The third-order valence-electron chi connectivity index (χ3n) is 16.9. The number of ether oxygens (including phenoxy) is 4. The molecule has 0 radical (unpaired) electrons. The number of carbonyl (C=O) groups is 1. The summed E-state index contributed by atoms with van der Waals surface area (Å²) < 4.78 is 23.5. The Labute approximate surface area is 323 Å². The zero-order valence-electron chi connectivity index (χ0n) is 32.8. The molecule has 55 heavy (non-hydrogen) atoms. The molecule has 0 aromatic heterocycles. The summed E-state index contributed by atoms with van der Waals surface area (Å²) in [5, 5.41) is 95.8. The molecule has 0 aromatic rings. The van der Waals surface area contributed by atoms with Crippen molar-refractivity contribution in [3.8, 4) is 0 Å². The number of hydrogen-bond acceptors (Lipinski definition) is 14. The molecule has 14 heteroatoms. The van der Waals surface area contributed by atoms with Gasteiger partial charge < -0.3 is 64.9 Å². The summed E-state index contributed by atoms with van der Waals surface area (Å²) in [6.45, 7) is 13.9. The molecule has 0 unspecified atom stereocenters. The SMILES string of the molecule is C=C1CC[C@]2(C(=O)O[C@@H]3O[C@H](CO)[C@@H](O)[C@H](O)[C@H]3O)CC[C@]3(C)C(=CC[C@@H]4[C@@]5(C)CC[C@H](O[C@@H]6OC[C@H](O)[C@H](O)[C@H]6O)[C@@](C)(CO)[C@@H]5CC[C@]43C)[C@@H]2[C@]1(C)O. The number of aliphatic hydroxyl groups is 9. The maximum absolute atomic E-state index is 14.6. The van der Waals surface area contributed by atoms with Gasteiger partial charge in [-0.25, -0.2) is 0 Å². The van der Waals surface area contributed by atoms with Gasteiger partial charge in [0.25, 0.3) is 0 Å². The van der Waals surface area contributed by atoms with Gasteiger partial charge in [-0.15, -0.1) is 0 Å². The molecule has 312 valence electrons. The van der Waals surface area contributed by atoms with Crippen molar-refractivity contribution in [2.45, 2.75) is 159 Å². The van der Waals surface area contributed by atoms with E-state index < -0.39 is 102 Å². The Morgan fingerprint density at radius 2 is 1.55 bits per heavy atom. The van der Waals surface area contributed by atoms with E-state index in [2.05, 4.69) is 33.4 Å². The lowest BCUT2D eigenvalue weighted by Crippen LogP contribution is -2.68. The lowest BCUT2D eigenvalue weighted by molar-refractivity contribution is -0.313. The second-order valence-electron chi connectivity index (χ2n) is 19.3. The highest BCUT2D eigenvalue weighted by Crippen LogP contribution is 2.76. The average Bonchev–Trinajstić information content (AvgIpc) is 3.14. The molecular weight excluding hydrogens is 716 g/mol. The van der Waals surface area contributed by atoms with Crippen LogP contribution in [0.25, 0.3) is 0 Å². The minimum Gasteiger partial charge on any atom is -0.432 e. The Morgan fingerprint density at radius 1 is 0.855 bits per heavy atom. The van der Waals surface area contributed by atoms with Crippen molar-refractivity contribution in [2.75, 3.05) is 19.8 Å². The largest absolute Gasteiger partial charge is 0.432 e. The molecular formula is C41H64O14. The Hall–Kier alpha value is -1.53. The molecule has 0 aromatic carbocycles. The van der Waals surface area contributed by atoms with E-state index in [0.29, 0.717) is 44.1 Å². The fourth-order valence-corrected chi connectivity index (χ4v) is 13.3. The Bertz CT molecular complexity index is 1530. The van der Waals surface area contributed by atoms with Crippen molar-refractivity contribution >= 4 is 5.97 Å². The summed E-state index contributed by atoms with van der Waals surface area (Å²) in [6, 6.07) is 0. The molecule has 0 spiro atoms. The molecule has 2 saturated heterocycles. The van der Waals surface area contributed by atoms with Crippen LogP contribution in [-0.2, 0) is 23.7 Å². The smallest absolute Gasteiger partial charge is 0.315 e. The van der Waals surface area contributed by atoms with E-state index >= 15 is 0 Å². The second-order valence-corrected chi connectivity index (χ2v) is 19.3. The highest BCUT2D eigenvalue weighted by atomic mass is 16.7. The molecule has 0 amide bonds. The number of fused-ring (bicyclic) bond motifs is 7. The van der Waals surface area contributed by atoms with Crippen LogP contribution >= 0.6 is 0 Å². The number of esters is 1. The van der Waals surface area contributed by atoms with Crippen molar-refractivity contribution < 1.29 is 69.7 Å². The van der Waals surface area contributed by atoms with E-state index in [-0.39, 0.29) is 35.9 Å². The maximum Gasteiger partial charge on any atom is 0.315 e. The first kappa shape index (κ1) is 41.6. The molecule has 7 aliphatic rings. The molecule has 6 fully saturated rings. The molecule has 2 heterocycles. The van der Waals surface area contributed by atoms with Gasteiger partial charge in [-0.2, -0.15) is 0 Å². The molecule has 9 N–H and O–H groups in total. The lowest BCUT2D eigenvalue weighted by Gasteiger charge is -2.72. The lowest BCUT2D eigenvalue weighted by atomic mass is 9.33. The summed E-state index contributed by atoms with van der Waals surface area (Å²) in [5.41, 5.74) is -2.77. The van der Waals surface area contributed by atoms with Gasteiger partial charge in [0.05, 0.1) is 36.9 Å². The fraction of sp³-hybridized carbons (Fsp3) is 0.878. The summed E-state index contributed by atoms with van der Waals surface area (Å²) in [6.07, 6.45) is -6.05. The minimum atomic E-state index is -1.75. The van der Waals surface area contributed by atoms with Crippen LogP contribution in [0.5, 0.6) is 0 Å². The third kappa shape index (κ3) is 5.83. The fourth-order valence-electron chi connectivity index (χ4n) is 13.3. The van der Waals surface area contributed by atoms with Gasteiger partial charge >= 0.3 is 5.97 Å². The Balaban J connectivity index is 1.20. The zero-order valence-corrected chi connectivity index (χ0v) is 32.8. The summed E-state index contributed by atoms with van der Waals surface area (Å²) in [4.78, 5) is 14.6. The van der Waals surface area contributed by atoms with E-state index in [1.807, 2.05) is 6.92 Å². The number of aliphatic hydroxyl groups excluding tert-OH is 8. The van der Waals surface area contributed by atoms with E-state index in [0.717, 1.165) is 24.8 Å². The molecule has 7 rings (SSSR count). The summed E-state index contributed by atoms with van der Waals surface area (Å²) in [7, 11) is 0. The molecule has 4 saturated carbocycles. The van der Waals surface area contributed by atoms with E-state index in [4.69, 9.17) is 18.9 Å². The van der Waals surface area contributed by atoms with Crippen molar-refractivity contribution in [1.29, 1.82) is 0 Å². The number of hydrogen-bond donors (Lipinski definition) is 9. The Morgan fingerprint density at radius 3 is 2.22 bits per heavy atom. The van der Waals surface area contributed by atoms with Crippen LogP contribution in [0.2, 0.25) is 0 Å². The van der Waals surface area contributed by atoms with Crippen LogP contribution in [0, 0.1) is 44.8 Å². The van der Waals surface area contributed by atoms with Crippen LogP contribution in [0.1, 0.15) is 92.4 Å². The van der Waals surface area contributed by atoms with Gasteiger partial charge in [-0.1, -0.05) is 45.9 Å². The quantitative estimate of drug-likeness (QED) is 0.103. The van der Waals surface area contributed by atoms with Crippen molar-refractivity contribution in [3.05, 3.63) is 23.8 Å². The van der Waals surface area contributed by atoms with Crippen LogP contribution < -0.4 is 0 Å². The summed E-state index contributed by atoms with van der Waals surface area (Å²) >= 11 is 0. The zero-order chi connectivity index (χ0) is 40.3. The highest BCUT2D eigenvalue weighted by molar-refractivity contribution is 5.80. The van der Waals surface area contributed by atoms with E-state index in [1.54, 1.807) is 6.92 Å². The monoisotopic (exact) mass is 780 g/mol. The molecule has 0 bridgehead atoms. The number of carbonyl (C=O) groups excluding carboxylic acids is 1. The number of rotatable bonds is 6. The van der Waals surface area contributed by atoms with Gasteiger partial charge in [0, 0.05) is 11.3 Å². The maximum atomic E-state index is 14.6. The summed E-state index contributed by atoms with van der Waals surface area (Å²) in [5.74, 6) is -1.18. The Kier molecular flexibility index (Phi) is 10.6.